The van der Waals surface area contributed by atoms with E-state index >= 15 is 0 Å². The maximum Gasteiger partial charge on any atom is 0.240 e. The Morgan fingerprint density at radius 1 is 1.42 bits per heavy atom. The molecule has 1 fully saturated rings. The van der Waals surface area contributed by atoms with Crippen molar-refractivity contribution >= 4 is 10.0 Å². The summed E-state index contributed by atoms with van der Waals surface area (Å²) >= 11 is 0. The van der Waals surface area contributed by atoms with Crippen LogP contribution in [-0.4, -0.2) is 27.0 Å². The summed E-state index contributed by atoms with van der Waals surface area (Å²) in [6.07, 6.45) is 1.53. The third-order valence-electron chi connectivity index (χ3n) is 3.39. The van der Waals surface area contributed by atoms with Crippen LogP contribution < -0.4 is 10.0 Å². The van der Waals surface area contributed by atoms with Crippen LogP contribution in [0.25, 0.3) is 0 Å². The fourth-order valence-corrected chi connectivity index (χ4v) is 3.68. The highest BCUT2D eigenvalue weighted by molar-refractivity contribution is 7.89. The molecular formula is C13H19FN2O2S. The van der Waals surface area contributed by atoms with Gasteiger partial charge in [0.2, 0.25) is 10.0 Å². The molecule has 4 nitrogen and oxygen atoms in total. The molecule has 0 bridgehead atoms. The van der Waals surface area contributed by atoms with Gasteiger partial charge in [0.05, 0.1) is 4.90 Å². The molecule has 0 aliphatic carbocycles. The third-order valence-corrected chi connectivity index (χ3v) is 4.90. The van der Waals surface area contributed by atoms with Crippen LogP contribution >= 0.6 is 0 Å². The van der Waals surface area contributed by atoms with Crippen LogP contribution in [0.2, 0.25) is 0 Å². The zero-order valence-electron chi connectivity index (χ0n) is 11.1. The largest absolute Gasteiger partial charge is 0.314 e. The van der Waals surface area contributed by atoms with Crippen molar-refractivity contribution in [1.82, 2.24) is 10.0 Å². The maximum atomic E-state index is 13.2. The Kier molecular flexibility index (Phi) is 4.23. The molecule has 0 saturated carbocycles. The first-order valence-corrected chi connectivity index (χ1v) is 7.88. The van der Waals surface area contributed by atoms with E-state index in [-0.39, 0.29) is 10.9 Å². The van der Waals surface area contributed by atoms with Crippen molar-refractivity contribution < 1.29 is 12.8 Å². The first-order valence-electron chi connectivity index (χ1n) is 6.40. The van der Waals surface area contributed by atoms with Gasteiger partial charge in [-0.05, 0) is 57.0 Å². The van der Waals surface area contributed by atoms with Crippen molar-refractivity contribution in [3.8, 4) is 0 Å². The van der Waals surface area contributed by atoms with Crippen molar-refractivity contribution in [2.75, 3.05) is 6.54 Å². The van der Waals surface area contributed by atoms with Crippen LogP contribution in [0.5, 0.6) is 0 Å². The first kappa shape index (κ1) is 14.4. The quantitative estimate of drug-likeness (QED) is 0.886. The minimum Gasteiger partial charge on any atom is -0.314 e. The van der Waals surface area contributed by atoms with Gasteiger partial charge in [0, 0.05) is 12.1 Å². The number of aryl methyl sites for hydroxylation is 1. The van der Waals surface area contributed by atoms with Gasteiger partial charge < -0.3 is 5.32 Å². The Morgan fingerprint density at radius 3 is 2.79 bits per heavy atom. The van der Waals surface area contributed by atoms with Crippen molar-refractivity contribution in [2.45, 2.75) is 43.7 Å². The molecule has 6 heteroatoms. The Balaban J connectivity index is 2.15. The molecule has 19 heavy (non-hydrogen) atoms. The highest BCUT2D eigenvalue weighted by Gasteiger charge is 2.24. The van der Waals surface area contributed by atoms with Crippen molar-refractivity contribution in [3.63, 3.8) is 0 Å². The number of hydrogen-bond acceptors (Lipinski definition) is 3. The van der Waals surface area contributed by atoms with Crippen LogP contribution in [0.15, 0.2) is 23.1 Å². The lowest BCUT2D eigenvalue weighted by molar-refractivity contribution is 0.361. The minimum atomic E-state index is -3.57. The van der Waals surface area contributed by atoms with Gasteiger partial charge in [-0.25, -0.2) is 17.5 Å². The molecule has 0 aromatic heterocycles. The molecule has 106 valence electrons. The Morgan fingerprint density at radius 2 is 2.16 bits per heavy atom. The van der Waals surface area contributed by atoms with Crippen LogP contribution in [0, 0.1) is 12.7 Å². The molecule has 2 atom stereocenters. The summed E-state index contributed by atoms with van der Waals surface area (Å²) in [5.41, 5.74) is 0.335. The molecule has 2 N–H and O–H groups in total. The van der Waals surface area contributed by atoms with Gasteiger partial charge in [-0.2, -0.15) is 0 Å². The molecule has 2 rings (SSSR count). The predicted octanol–water partition coefficient (Wildman–Crippen LogP) is 1.55. The van der Waals surface area contributed by atoms with E-state index in [1.165, 1.54) is 18.2 Å². The molecular weight excluding hydrogens is 267 g/mol. The van der Waals surface area contributed by atoms with Crippen molar-refractivity contribution in [1.29, 1.82) is 0 Å². The SMILES string of the molecule is Cc1cc(S(=O)(=O)NC2CCNC(C)C2)ccc1F. The van der Waals surface area contributed by atoms with Gasteiger partial charge in [-0.1, -0.05) is 0 Å². The van der Waals surface area contributed by atoms with Gasteiger partial charge in [-0.3, -0.25) is 0 Å². The van der Waals surface area contributed by atoms with E-state index in [2.05, 4.69) is 10.0 Å². The average Bonchev–Trinajstić information content (AvgIpc) is 2.32. The first-order chi connectivity index (χ1) is 8.88. The second kappa shape index (κ2) is 5.56. The Hall–Kier alpha value is -0.980. The molecule has 0 radical (unpaired) electrons. The maximum absolute atomic E-state index is 13.2. The van der Waals surface area contributed by atoms with E-state index in [1.807, 2.05) is 6.92 Å². The van der Waals surface area contributed by atoms with Gasteiger partial charge in [0.15, 0.2) is 0 Å². The molecule has 2 unspecified atom stereocenters. The van der Waals surface area contributed by atoms with Gasteiger partial charge in [0.1, 0.15) is 5.82 Å². The number of rotatable bonds is 3. The van der Waals surface area contributed by atoms with Gasteiger partial charge >= 0.3 is 0 Å². The molecule has 0 amide bonds. The molecule has 1 aromatic rings. The normalized spacial score (nSPS) is 24.4. The lowest BCUT2D eigenvalue weighted by atomic mass is 10.0. The summed E-state index contributed by atoms with van der Waals surface area (Å²) in [7, 11) is -3.57. The average molecular weight is 286 g/mol. The number of piperidine rings is 1. The van der Waals surface area contributed by atoms with Gasteiger partial charge in [-0.15, -0.1) is 0 Å². The second-order valence-corrected chi connectivity index (χ2v) is 6.82. The smallest absolute Gasteiger partial charge is 0.240 e. The minimum absolute atomic E-state index is 0.0633. The monoisotopic (exact) mass is 286 g/mol. The third kappa shape index (κ3) is 3.52. The molecule has 1 saturated heterocycles. The zero-order valence-corrected chi connectivity index (χ0v) is 11.9. The molecule has 0 spiro atoms. The summed E-state index contributed by atoms with van der Waals surface area (Å²) in [4.78, 5) is 0.123. The number of benzene rings is 1. The van der Waals surface area contributed by atoms with Gasteiger partial charge in [0.25, 0.3) is 0 Å². The number of hydrogen-bond donors (Lipinski definition) is 2. The Bertz CT molecular complexity index is 560. The summed E-state index contributed by atoms with van der Waals surface area (Å²) in [5, 5.41) is 3.27. The molecule has 1 aromatic carbocycles. The van der Waals surface area contributed by atoms with E-state index in [1.54, 1.807) is 6.92 Å². The number of sulfonamides is 1. The van der Waals surface area contributed by atoms with Crippen molar-refractivity contribution in [2.24, 2.45) is 0 Å². The molecule has 1 heterocycles. The van der Waals surface area contributed by atoms with E-state index in [4.69, 9.17) is 0 Å². The topological polar surface area (TPSA) is 58.2 Å². The highest BCUT2D eigenvalue weighted by Crippen LogP contribution is 2.17. The summed E-state index contributed by atoms with van der Waals surface area (Å²) in [6, 6.07) is 4.09. The van der Waals surface area contributed by atoms with E-state index in [0.29, 0.717) is 11.6 Å². The standard InChI is InChI=1S/C13H19FN2O2S/c1-9-7-12(3-4-13(9)14)19(17,18)16-11-5-6-15-10(2)8-11/h3-4,7,10-11,15-16H,5-6,8H2,1-2H3. The number of nitrogens with one attached hydrogen (secondary N) is 2. The summed E-state index contributed by atoms with van der Waals surface area (Å²) < 4.78 is 40.3. The summed E-state index contributed by atoms with van der Waals surface area (Å²) in [5.74, 6) is -0.394. The fourth-order valence-electron chi connectivity index (χ4n) is 2.31. The van der Waals surface area contributed by atoms with Crippen LogP contribution in [0.1, 0.15) is 25.3 Å². The highest BCUT2D eigenvalue weighted by atomic mass is 32.2. The second-order valence-electron chi connectivity index (χ2n) is 5.11. The van der Waals surface area contributed by atoms with Crippen molar-refractivity contribution in [3.05, 3.63) is 29.6 Å². The molecule has 1 aliphatic heterocycles. The predicted molar refractivity (Wildman–Crippen MR) is 71.9 cm³/mol. The van der Waals surface area contributed by atoms with E-state index < -0.39 is 15.8 Å². The van der Waals surface area contributed by atoms with Crippen LogP contribution in [0.3, 0.4) is 0 Å². The number of halogens is 1. The zero-order chi connectivity index (χ0) is 14.0. The van der Waals surface area contributed by atoms with E-state index in [9.17, 15) is 12.8 Å². The summed E-state index contributed by atoms with van der Waals surface area (Å²) in [6.45, 7) is 4.39. The lowest BCUT2D eigenvalue weighted by Crippen LogP contribution is -2.46. The lowest BCUT2D eigenvalue weighted by Gasteiger charge is -2.28. The fraction of sp³-hybridized carbons (Fsp3) is 0.538. The Labute approximate surface area is 113 Å². The van der Waals surface area contributed by atoms with E-state index in [0.717, 1.165) is 19.4 Å². The molecule has 1 aliphatic rings. The van der Waals surface area contributed by atoms with Crippen LogP contribution in [-0.2, 0) is 10.0 Å². The van der Waals surface area contributed by atoms with Crippen LogP contribution in [0.4, 0.5) is 4.39 Å².